The Bertz CT molecular complexity index is 665. The molecule has 2 aromatic rings. The Hall–Kier alpha value is -1.64. The van der Waals surface area contributed by atoms with Crippen molar-refractivity contribution < 1.29 is 8.78 Å². The smallest absolute Gasteiger partial charge is 0.140 e. The van der Waals surface area contributed by atoms with E-state index in [1.165, 1.54) is 0 Å². The van der Waals surface area contributed by atoms with Crippen molar-refractivity contribution in [3.05, 3.63) is 63.1 Å². The van der Waals surface area contributed by atoms with Gasteiger partial charge in [0.1, 0.15) is 17.7 Å². The lowest BCUT2D eigenvalue weighted by Crippen LogP contribution is -2.09. The van der Waals surface area contributed by atoms with Gasteiger partial charge in [0.2, 0.25) is 0 Å². The van der Waals surface area contributed by atoms with Gasteiger partial charge in [-0.25, -0.2) is 8.78 Å². The van der Waals surface area contributed by atoms with Crippen LogP contribution in [-0.4, -0.2) is 0 Å². The van der Waals surface area contributed by atoms with Crippen molar-refractivity contribution in [2.24, 2.45) is 0 Å². The maximum atomic E-state index is 13.2. The second-order valence-corrected chi connectivity index (χ2v) is 5.30. The fourth-order valence-corrected chi connectivity index (χ4v) is 2.18. The van der Waals surface area contributed by atoms with Crippen LogP contribution in [0.25, 0.3) is 0 Å². The van der Waals surface area contributed by atoms with Gasteiger partial charge in [-0.3, -0.25) is 0 Å². The van der Waals surface area contributed by atoms with Crippen molar-refractivity contribution in [2.45, 2.75) is 6.04 Å². The monoisotopic (exact) mass is 356 g/mol. The van der Waals surface area contributed by atoms with Gasteiger partial charge >= 0.3 is 0 Å². The lowest BCUT2D eigenvalue weighted by molar-refractivity contribution is 0.579. The molecule has 0 bridgehead atoms. The lowest BCUT2D eigenvalue weighted by atomic mass is 10.1. The summed E-state index contributed by atoms with van der Waals surface area (Å²) in [6.45, 7) is 0. The van der Waals surface area contributed by atoms with Gasteiger partial charge in [-0.15, -0.1) is 0 Å². The molecule has 0 aromatic heterocycles. The molecule has 0 aliphatic rings. The van der Waals surface area contributed by atoms with E-state index in [0.29, 0.717) is 15.2 Å². The van der Waals surface area contributed by atoms with Gasteiger partial charge < -0.3 is 5.32 Å². The molecule has 0 saturated carbocycles. The highest BCUT2D eigenvalue weighted by Gasteiger charge is 2.13. The molecule has 6 heteroatoms. The summed E-state index contributed by atoms with van der Waals surface area (Å²) < 4.78 is 27.0. The highest BCUT2D eigenvalue weighted by molar-refractivity contribution is 9.10. The fourth-order valence-electron chi connectivity index (χ4n) is 1.68. The molecule has 20 heavy (non-hydrogen) atoms. The van der Waals surface area contributed by atoms with Gasteiger partial charge in [0.15, 0.2) is 0 Å². The molecule has 1 N–H and O–H groups in total. The van der Waals surface area contributed by atoms with E-state index in [2.05, 4.69) is 21.2 Å². The highest BCUT2D eigenvalue weighted by Crippen LogP contribution is 2.28. The Morgan fingerprint density at radius 3 is 2.35 bits per heavy atom. The van der Waals surface area contributed by atoms with E-state index >= 15 is 0 Å². The first-order valence-corrected chi connectivity index (χ1v) is 6.74. The van der Waals surface area contributed by atoms with Crippen molar-refractivity contribution in [3.8, 4) is 6.07 Å². The average Bonchev–Trinajstić information content (AvgIpc) is 2.38. The van der Waals surface area contributed by atoms with Gasteiger partial charge in [-0.2, -0.15) is 5.26 Å². The van der Waals surface area contributed by atoms with Crippen LogP contribution in [0.15, 0.2) is 40.9 Å². The molecule has 0 saturated heterocycles. The van der Waals surface area contributed by atoms with Crippen LogP contribution in [0.1, 0.15) is 11.6 Å². The first-order chi connectivity index (χ1) is 9.49. The van der Waals surface area contributed by atoms with Crippen molar-refractivity contribution in [1.29, 1.82) is 5.26 Å². The largest absolute Gasteiger partial charge is 0.366 e. The number of hydrogen-bond acceptors (Lipinski definition) is 2. The summed E-state index contributed by atoms with van der Waals surface area (Å²) >= 11 is 9.13. The molecule has 2 nitrogen and oxygen atoms in total. The van der Waals surface area contributed by atoms with Gasteiger partial charge in [0.25, 0.3) is 0 Å². The summed E-state index contributed by atoms with van der Waals surface area (Å²) in [5, 5.41) is 12.6. The maximum Gasteiger partial charge on any atom is 0.140 e. The third kappa shape index (κ3) is 3.47. The molecule has 0 heterocycles. The molecule has 0 aliphatic heterocycles. The van der Waals surface area contributed by atoms with Crippen LogP contribution in [0, 0.1) is 23.0 Å². The van der Waals surface area contributed by atoms with Gasteiger partial charge in [-0.1, -0.05) is 11.6 Å². The van der Waals surface area contributed by atoms with E-state index in [1.807, 2.05) is 6.07 Å². The van der Waals surface area contributed by atoms with Crippen LogP contribution in [0.2, 0.25) is 5.02 Å². The number of nitriles is 1. The fraction of sp³-hybridized carbons (Fsp3) is 0.0714. The Balaban J connectivity index is 2.29. The maximum absolute atomic E-state index is 13.2. The van der Waals surface area contributed by atoms with Crippen LogP contribution in [0.5, 0.6) is 0 Å². The van der Waals surface area contributed by atoms with Crippen molar-refractivity contribution in [1.82, 2.24) is 0 Å². The van der Waals surface area contributed by atoms with Crippen LogP contribution in [0.4, 0.5) is 14.5 Å². The summed E-state index contributed by atoms with van der Waals surface area (Å²) in [7, 11) is 0. The number of benzene rings is 2. The molecule has 0 radical (unpaired) electrons. The van der Waals surface area contributed by atoms with Crippen LogP contribution >= 0.6 is 27.5 Å². The molecule has 1 atom stereocenters. The summed E-state index contributed by atoms with van der Waals surface area (Å²) in [4.78, 5) is 0. The predicted octanol–water partition coefficient (Wildman–Crippen LogP) is 5.06. The first-order valence-electron chi connectivity index (χ1n) is 5.57. The van der Waals surface area contributed by atoms with Gasteiger partial charge in [-0.05, 0) is 51.8 Å². The van der Waals surface area contributed by atoms with Crippen LogP contribution < -0.4 is 5.32 Å². The molecule has 102 valence electrons. The van der Waals surface area contributed by atoms with Crippen LogP contribution in [0.3, 0.4) is 0 Å². The number of hydrogen-bond donors (Lipinski definition) is 1. The topological polar surface area (TPSA) is 35.8 Å². The van der Waals surface area contributed by atoms with Crippen molar-refractivity contribution in [3.63, 3.8) is 0 Å². The standard InChI is InChI=1S/C14H8BrClF2N2/c15-12-6-11(1-2-13(12)16)20-14(7-19)8-3-9(17)5-10(18)4-8/h1-6,14,20H. The number of nitrogens with one attached hydrogen (secondary N) is 1. The molecular formula is C14H8BrClF2N2. The Labute approximate surface area is 128 Å². The summed E-state index contributed by atoms with van der Waals surface area (Å²) in [5.41, 5.74) is 0.827. The Morgan fingerprint density at radius 1 is 1.15 bits per heavy atom. The summed E-state index contributed by atoms with van der Waals surface area (Å²) in [6, 6.07) is 9.10. The third-order valence-electron chi connectivity index (χ3n) is 2.58. The molecule has 2 rings (SSSR count). The van der Waals surface area contributed by atoms with Crippen LogP contribution in [-0.2, 0) is 0 Å². The minimum Gasteiger partial charge on any atom is -0.366 e. The average molecular weight is 358 g/mol. The first kappa shape index (κ1) is 14.8. The Morgan fingerprint density at radius 2 is 1.80 bits per heavy atom. The van der Waals surface area contributed by atoms with E-state index in [1.54, 1.807) is 18.2 Å². The van der Waals surface area contributed by atoms with Crippen molar-refractivity contribution in [2.75, 3.05) is 5.32 Å². The Kier molecular flexibility index (Phi) is 4.58. The normalized spacial score (nSPS) is 11.8. The third-order valence-corrected chi connectivity index (χ3v) is 3.79. The van der Waals surface area contributed by atoms with E-state index in [9.17, 15) is 8.78 Å². The zero-order chi connectivity index (χ0) is 14.7. The highest BCUT2D eigenvalue weighted by atomic mass is 79.9. The molecule has 2 aromatic carbocycles. The molecule has 0 amide bonds. The minimum atomic E-state index is -0.867. The van der Waals surface area contributed by atoms with E-state index in [0.717, 1.165) is 18.2 Å². The van der Waals surface area contributed by atoms with Gasteiger partial charge in [0.05, 0.1) is 11.1 Å². The summed E-state index contributed by atoms with van der Waals surface area (Å²) in [6.07, 6.45) is 0. The quantitative estimate of drug-likeness (QED) is 0.833. The molecule has 0 aliphatic carbocycles. The number of halogens is 4. The van der Waals surface area contributed by atoms with Crippen molar-refractivity contribution >= 4 is 33.2 Å². The van der Waals surface area contributed by atoms with E-state index in [-0.39, 0.29) is 5.56 Å². The van der Waals surface area contributed by atoms with Gasteiger partial charge in [0, 0.05) is 16.2 Å². The van der Waals surface area contributed by atoms with E-state index < -0.39 is 17.7 Å². The molecular weight excluding hydrogens is 350 g/mol. The number of nitrogens with zero attached hydrogens (tertiary/aromatic N) is 1. The number of rotatable bonds is 3. The van der Waals surface area contributed by atoms with E-state index in [4.69, 9.17) is 16.9 Å². The molecule has 1 unspecified atom stereocenters. The summed E-state index contributed by atoms with van der Waals surface area (Å²) in [5.74, 6) is -1.45. The molecule has 0 spiro atoms. The zero-order valence-corrected chi connectivity index (χ0v) is 12.3. The predicted molar refractivity (Wildman–Crippen MR) is 77.5 cm³/mol. The minimum absolute atomic E-state index is 0.219. The lowest BCUT2D eigenvalue weighted by Gasteiger charge is -2.14. The SMILES string of the molecule is N#CC(Nc1ccc(Cl)c(Br)c1)c1cc(F)cc(F)c1. The second kappa shape index (κ2) is 6.21. The second-order valence-electron chi connectivity index (χ2n) is 4.04. The number of anilines is 1. The molecule has 0 fully saturated rings. The zero-order valence-electron chi connectivity index (χ0n) is 10.0.